The number of esters is 1. The summed E-state index contributed by atoms with van der Waals surface area (Å²) in [6.07, 6.45) is 1.85. The first-order valence-corrected chi connectivity index (χ1v) is 9.68. The Bertz CT molecular complexity index is 958. The number of benzene rings is 2. The summed E-state index contributed by atoms with van der Waals surface area (Å²) in [5.74, 6) is 0.555. The smallest absolute Gasteiger partial charge is 0.303 e. The van der Waals surface area contributed by atoms with Crippen LogP contribution in [0.1, 0.15) is 6.92 Å². The number of carbonyl (C=O) groups is 1. The van der Waals surface area contributed by atoms with E-state index in [-0.39, 0.29) is 11.9 Å². The van der Waals surface area contributed by atoms with E-state index in [2.05, 4.69) is 5.10 Å². The van der Waals surface area contributed by atoms with Crippen molar-refractivity contribution in [3.63, 3.8) is 0 Å². The molecule has 3 aromatic rings. The number of rotatable bonds is 6. The van der Waals surface area contributed by atoms with Gasteiger partial charge >= 0.3 is 5.97 Å². The van der Waals surface area contributed by atoms with Crippen molar-refractivity contribution < 1.29 is 14.3 Å². The summed E-state index contributed by atoms with van der Waals surface area (Å²) in [6.45, 7) is 1.39. The fraction of sp³-hybridized carbons (Fsp3) is 0.158. The van der Waals surface area contributed by atoms with E-state index in [0.717, 1.165) is 21.7 Å². The van der Waals surface area contributed by atoms with Gasteiger partial charge in [0.1, 0.15) is 11.7 Å². The van der Waals surface area contributed by atoms with Crippen LogP contribution in [0.3, 0.4) is 0 Å². The lowest BCUT2D eigenvalue weighted by molar-refractivity contribution is -0.138. The topological polar surface area (TPSA) is 53.4 Å². The summed E-state index contributed by atoms with van der Waals surface area (Å²) in [6, 6.07) is 13.2. The predicted octanol–water partition coefficient (Wildman–Crippen LogP) is 5.47. The average molecular weight is 423 g/mol. The zero-order chi connectivity index (χ0) is 19.4. The van der Waals surface area contributed by atoms with Gasteiger partial charge in [0, 0.05) is 29.6 Å². The number of aromatic nitrogens is 2. The van der Waals surface area contributed by atoms with E-state index in [9.17, 15) is 4.79 Å². The van der Waals surface area contributed by atoms with E-state index < -0.39 is 0 Å². The number of nitrogens with zero attached hydrogens (tertiary/aromatic N) is 2. The first-order chi connectivity index (χ1) is 13.0. The molecule has 0 saturated heterocycles. The van der Waals surface area contributed by atoms with E-state index in [1.54, 1.807) is 23.9 Å². The number of hydrogen-bond acceptors (Lipinski definition) is 5. The maximum atomic E-state index is 10.8. The number of ether oxygens (including phenoxy) is 2. The molecule has 0 aliphatic carbocycles. The second kappa shape index (κ2) is 8.69. The highest BCUT2D eigenvalue weighted by Gasteiger charge is 2.12. The van der Waals surface area contributed by atoms with Crippen LogP contribution in [0.2, 0.25) is 10.2 Å². The number of thioether (sulfide) groups is 1. The van der Waals surface area contributed by atoms with Gasteiger partial charge in [0.15, 0.2) is 5.15 Å². The fourth-order valence-electron chi connectivity index (χ4n) is 2.38. The zero-order valence-electron chi connectivity index (χ0n) is 14.6. The van der Waals surface area contributed by atoms with Crippen molar-refractivity contribution in [2.75, 3.05) is 13.0 Å². The molecular weight excluding hydrogens is 407 g/mol. The lowest BCUT2D eigenvalue weighted by Gasteiger charge is -2.06. The molecule has 0 amide bonds. The predicted molar refractivity (Wildman–Crippen MR) is 108 cm³/mol. The minimum absolute atomic E-state index is 0.284. The Morgan fingerprint density at radius 3 is 2.59 bits per heavy atom. The molecule has 27 heavy (non-hydrogen) atoms. The molecule has 8 heteroatoms. The van der Waals surface area contributed by atoms with Crippen molar-refractivity contribution in [3.05, 3.63) is 58.8 Å². The van der Waals surface area contributed by atoms with Crippen LogP contribution in [-0.4, -0.2) is 28.8 Å². The first kappa shape index (κ1) is 19.6. The molecule has 0 aliphatic heterocycles. The molecule has 0 radical (unpaired) electrons. The quantitative estimate of drug-likeness (QED) is 0.299. The molecule has 0 saturated carbocycles. The Morgan fingerprint density at radius 1 is 1.19 bits per heavy atom. The van der Waals surface area contributed by atoms with E-state index in [1.165, 1.54) is 18.7 Å². The summed E-state index contributed by atoms with van der Waals surface area (Å²) < 4.78 is 11.9. The average Bonchev–Trinajstić information content (AvgIpc) is 3.04. The van der Waals surface area contributed by atoms with Crippen molar-refractivity contribution in [2.45, 2.75) is 11.8 Å². The van der Waals surface area contributed by atoms with Crippen molar-refractivity contribution >= 4 is 40.9 Å². The molecule has 0 unspecified atom stereocenters. The summed E-state index contributed by atoms with van der Waals surface area (Å²) in [4.78, 5) is 11.8. The number of hydrogen-bond donors (Lipinski definition) is 0. The van der Waals surface area contributed by atoms with E-state index in [1.807, 2.05) is 36.5 Å². The second-order valence-electron chi connectivity index (χ2n) is 5.52. The molecule has 1 heterocycles. The fourth-order valence-corrected chi connectivity index (χ4v) is 3.50. The van der Waals surface area contributed by atoms with Gasteiger partial charge in [-0.15, -0.1) is 0 Å². The SMILES string of the molecule is COc1cc(-n2cc(-c3ccc(SCOC(C)=O)cc3)c(Cl)n2)ccc1Cl. The highest BCUT2D eigenvalue weighted by molar-refractivity contribution is 7.99. The lowest BCUT2D eigenvalue weighted by Crippen LogP contribution is -1.96. The molecule has 2 aromatic carbocycles. The van der Waals surface area contributed by atoms with Crippen LogP contribution in [0.15, 0.2) is 53.6 Å². The summed E-state index contributed by atoms with van der Waals surface area (Å²) >= 11 is 13.9. The van der Waals surface area contributed by atoms with Gasteiger partial charge in [-0.3, -0.25) is 4.79 Å². The lowest BCUT2D eigenvalue weighted by atomic mass is 10.1. The molecule has 3 rings (SSSR count). The van der Waals surface area contributed by atoms with Crippen LogP contribution in [0, 0.1) is 0 Å². The minimum Gasteiger partial charge on any atom is -0.495 e. The molecule has 0 aliphatic rings. The monoisotopic (exact) mass is 422 g/mol. The van der Waals surface area contributed by atoms with E-state index in [4.69, 9.17) is 32.7 Å². The van der Waals surface area contributed by atoms with Crippen molar-refractivity contribution in [3.8, 4) is 22.6 Å². The largest absolute Gasteiger partial charge is 0.495 e. The molecule has 0 N–H and O–H groups in total. The third kappa shape index (κ3) is 4.77. The van der Waals surface area contributed by atoms with Gasteiger partial charge in [0.05, 0.1) is 17.8 Å². The Balaban J connectivity index is 1.81. The van der Waals surface area contributed by atoms with Gasteiger partial charge in [0.2, 0.25) is 0 Å². The maximum absolute atomic E-state index is 10.8. The molecule has 5 nitrogen and oxygen atoms in total. The number of methoxy groups -OCH3 is 1. The highest BCUT2D eigenvalue weighted by Crippen LogP contribution is 2.32. The standard InChI is InChI=1S/C19H16Cl2N2O3S/c1-12(24)26-11-27-15-6-3-13(4-7-15)16-10-23(22-19(16)21)14-5-8-17(20)18(9-14)25-2/h3-10H,11H2,1-2H3. The number of halogens is 2. The van der Waals surface area contributed by atoms with Gasteiger partial charge in [-0.2, -0.15) is 5.10 Å². The molecule has 0 atom stereocenters. The van der Waals surface area contributed by atoms with Crippen LogP contribution >= 0.6 is 35.0 Å². The van der Waals surface area contributed by atoms with Crippen LogP contribution in [0.25, 0.3) is 16.8 Å². The summed E-state index contributed by atoms with van der Waals surface area (Å²) in [5.41, 5.74) is 2.53. The second-order valence-corrected chi connectivity index (χ2v) is 7.28. The highest BCUT2D eigenvalue weighted by atomic mass is 35.5. The van der Waals surface area contributed by atoms with Crippen molar-refractivity contribution in [1.82, 2.24) is 9.78 Å². The third-order valence-corrected chi connectivity index (χ3v) is 5.15. The molecule has 0 fully saturated rings. The first-order valence-electron chi connectivity index (χ1n) is 7.93. The van der Waals surface area contributed by atoms with Gasteiger partial charge in [-0.05, 0) is 29.8 Å². The van der Waals surface area contributed by atoms with E-state index in [0.29, 0.717) is 15.9 Å². The van der Waals surface area contributed by atoms with E-state index >= 15 is 0 Å². The van der Waals surface area contributed by atoms with Gasteiger partial charge in [0.25, 0.3) is 0 Å². The van der Waals surface area contributed by atoms with Crippen molar-refractivity contribution in [2.24, 2.45) is 0 Å². The van der Waals surface area contributed by atoms with Gasteiger partial charge < -0.3 is 9.47 Å². The molecule has 0 spiro atoms. The Kier molecular flexibility index (Phi) is 6.31. The number of carbonyl (C=O) groups excluding carboxylic acids is 1. The maximum Gasteiger partial charge on any atom is 0.303 e. The molecule has 140 valence electrons. The Hall–Kier alpha value is -2.15. The molecule has 1 aromatic heterocycles. The molecule has 0 bridgehead atoms. The van der Waals surface area contributed by atoms with Gasteiger partial charge in [-0.1, -0.05) is 47.1 Å². The minimum atomic E-state index is -0.294. The Labute approximate surface area is 171 Å². The summed E-state index contributed by atoms with van der Waals surface area (Å²) in [7, 11) is 1.56. The van der Waals surface area contributed by atoms with Crippen molar-refractivity contribution in [1.29, 1.82) is 0 Å². The molecular formula is C19H16Cl2N2O3S. The summed E-state index contributed by atoms with van der Waals surface area (Å²) in [5, 5.41) is 5.30. The van der Waals surface area contributed by atoms with Crippen LogP contribution in [0.4, 0.5) is 0 Å². The van der Waals surface area contributed by atoms with Crippen LogP contribution in [0.5, 0.6) is 5.75 Å². The van der Waals surface area contributed by atoms with Crippen LogP contribution < -0.4 is 4.74 Å². The normalized spacial score (nSPS) is 10.7. The Morgan fingerprint density at radius 2 is 1.93 bits per heavy atom. The zero-order valence-corrected chi connectivity index (χ0v) is 16.9. The van der Waals surface area contributed by atoms with Crippen LogP contribution in [-0.2, 0) is 9.53 Å². The van der Waals surface area contributed by atoms with Gasteiger partial charge in [-0.25, -0.2) is 4.68 Å². The third-order valence-electron chi connectivity index (χ3n) is 3.72.